The van der Waals surface area contributed by atoms with Gasteiger partial charge in [-0.25, -0.2) is 9.59 Å². The smallest absolute Gasteiger partial charge is 0.349 e. The zero-order valence-electron chi connectivity index (χ0n) is 16.0. The van der Waals surface area contributed by atoms with Gasteiger partial charge in [0, 0.05) is 10.3 Å². The SMILES string of the molecule is CCOC(=O)c1c(NC(=O)c2cc3cc(OC)ccc3oc2=O)sc2c1CCC2. The minimum Gasteiger partial charge on any atom is -0.497 e. The monoisotopic (exact) mass is 413 g/mol. The zero-order valence-corrected chi connectivity index (χ0v) is 16.8. The highest BCUT2D eigenvalue weighted by atomic mass is 32.1. The fraction of sp³-hybridized carbons (Fsp3) is 0.286. The Morgan fingerprint density at radius 2 is 2.07 bits per heavy atom. The van der Waals surface area contributed by atoms with E-state index in [2.05, 4.69) is 5.32 Å². The molecule has 1 N–H and O–H groups in total. The fourth-order valence-corrected chi connectivity index (χ4v) is 4.74. The Balaban J connectivity index is 1.71. The number of ether oxygens (including phenoxy) is 2. The van der Waals surface area contributed by atoms with Crippen LogP contribution >= 0.6 is 11.3 Å². The Labute approximate surface area is 170 Å². The molecule has 0 saturated heterocycles. The molecule has 8 heteroatoms. The van der Waals surface area contributed by atoms with Gasteiger partial charge in [0.15, 0.2) is 0 Å². The number of aryl methyl sites for hydroxylation is 1. The van der Waals surface area contributed by atoms with Gasteiger partial charge in [0.1, 0.15) is 21.9 Å². The van der Waals surface area contributed by atoms with Crippen LogP contribution in [-0.2, 0) is 17.6 Å². The van der Waals surface area contributed by atoms with Gasteiger partial charge in [0.25, 0.3) is 5.91 Å². The van der Waals surface area contributed by atoms with E-state index >= 15 is 0 Å². The van der Waals surface area contributed by atoms with Gasteiger partial charge >= 0.3 is 11.6 Å². The average Bonchev–Trinajstić information content (AvgIpc) is 3.27. The lowest BCUT2D eigenvalue weighted by Gasteiger charge is -2.08. The summed E-state index contributed by atoms with van der Waals surface area (Å²) in [4.78, 5) is 38.7. The van der Waals surface area contributed by atoms with Crippen molar-refractivity contribution in [3.8, 4) is 5.75 Å². The first-order valence-electron chi connectivity index (χ1n) is 9.26. The number of rotatable bonds is 5. The molecule has 4 rings (SSSR count). The van der Waals surface area contributed by atoms with E-state index in [4.69, 9.17) is 13.9 Å². The predicted octanol–water partition coefficient (Wildman–Crippen LogP) is 3.78. The van der Waals surface area contributed by atoms with Gasteiger partial charge in [0.05, 0.1) is 19.3 Å². The Morgan fingerprint density at radius 1 is 1.24 bits per heavy atom. The van der Waals surface area contributed by atoms with Gasteiger partial charge in [0.2, 0.25) is 0 Å². The number of amides is 1. The Morgan fingerprint density at radius 3 is 2.83 bits per heavy atom. The van der Waals surface area contributed by atoms with Crippen LogP contribution in [0.5, 0.6) is 5.75 Å². The van der Waals surface area contributed by atoms with E-state index in [1.165, 1.54) is 24.5 Å². The summed E-state index contributed by atoms with van der Waals surface area (Å²) in [6, 6.07) is 6.42. The second-order valence-electron chi connectivity index (χ2n) is 6.59. The minimum absolute atomic E-state index is 0.144. The highest BCUT2D eigenvalue weighted by molar-refractivity contribution is 7.17. The van der Waals surface area contributed by atoms with Gasteiger partial charge in [-0.2, -0.15) is 0 Å². The van der Waals surface area contributed by atoms with Crippen molar-refractivity contribution in [1.82, 2.24) is 0 Å². The molecule has 29 heavy (non-hydrogen) atoms. The van der Waals surface area contributed by atoms with E-state index in [1.807, 2.05) is 0 Å². The summed E-state index contributed by atoms with van der Waals surface area (Å²) in [7, 11) is 1.53. The molecule has 0 saturated carbocycles. The van der Waals surface area contributed by atoms with Gasteiger partial charge in [-0.05, 0) is 56.0 Å². The van der Waals surface area contributed by atoms with Crippen LogP contribution in [0, 0.1) is 0 Å². The summed E-state index contributed by atoms with van der Waals surface area (Å²) in [5, 5.41) is 3.69. The molecule has 1 aliphatic rings. The van der Waals surface area contributed by atoms with Crippen LogP contribution < -0.4 is 15.7 Å². The van der Waals surface area contributed by atoms with E-state index in [0.717, 1.165) is 29.7 Å². The Bertz CT molecular complexity index is 1180. The van der Waals surface area contributed by atoms with Crippen molar-refractivity contribution in [2.75, 3.05) is 19.0 Å². The standard InChI is InChI=1S/C21H19NO6S/c1-3-27-21(25)17-13-5-4-6-16(13)29-19(17)22-18(23)14-10-11-9-12(26-2)7-8-15(11)28-20(14)24/h7-10H,3-6H2,1-2H3,(H,22,23). The molecule has 7 nitrogen and oxygen atoms in total. The average molecular weight is 413 g/mol. The summed E-state index contributed by atoms with van der Waals surface area (Å²) >= 11 is 1.36. The lowest BCUT2D eigenvalue weighted by molar-refractivity contribution is 0.0527. The first-order chi connectivity index (χ1) is 14.0. The van der Waals surface area contributed by atoms with Crippen LogP contribution in [0.25, 0.3) is 11.0 Å². The summed E-state index contributed by atoms with van der Waals surface area (Å²) in [5.74, 6) is -0.511. The van der Waals surface area contributed by atoms with Gasteiger partial charge in [-0.15, -0.1) is 11.3 Å². The molecular weight excluding hydrogens is 394 g/mol. The third kappa shape index (κ3) is 3.51. The molecule has 1 aliphatic carbocycles. The van der Waals surface area contributed by atoms with E-state index < -0.39 is 17.5 Å². The predicted molar refractivity (Wildman–Crippen MR) is 109 cm³/mol. The van der Waals surface area contributed by atoms with Crippen LogP contribution in [0.1, 0.15) is 44.5 Å². The minimum atomic E-state index is -0.748. The van der Waals surface area contributed by atoms with Gasteiger partial charge in [-0.3, -0.25) is 4.79 Å². The molecule has 3 aromatic rings. The number of benzene rings is 1. The summed E-state index contributed by atoms with van der Waals surface area (Å²) in [6.45, 7) is 1.98. The molecule has 2 aromatic heterocycles. The van der Waals surface area contributed by atoms with E-state index in [-0.39, 0.29) is 12.2 Å². The molecule has 2 heterocycles. The van der Waals surface area contributed by atoms with Crippen LogP contribution in [0.2, 0.25) is 0 Å². The molecule has 0 spiro atoms. The molecule has 1 amide bonds. The first-order valence-corrected chi connectivity index (χ1v) is 10.1. The first kappa shape index (κ1) is 19.2. The van der Waals surface area contributed by atoms with Crippen molar-refractivity contribution in [1.29, 1.82) is 0 Å². The number of hydrogen-bond acceptors (Lipinski definition) is 7. The van der Waals surface area contributed by atoms with Crippen molar-refractivity contribution in [3.05, 3.63) is 56.3 Å². The van der Waals surface area contributed by atoms with Gasteiger partial charge < -0.3 is 19.2 Å². The second-order valence-corrected chi connectivity index (χ2v) is 7.69. The Kier molecular flexibility index (Phi) is 5.10. The number of fused-ring (bicyclic) bond motifs is 2. The topological polar surface area (TPSA) is 94.8 Å². The zero-order chi connectivity index (χ0) is 20.5. The van der Waals surface area contributed by atoms with Crippen LogP contribution in [-0.4, -0.2) is 25.6 Å². The molecular formula is C21H19NO6S. The number of hydrogen-bond donors (Lipinski definition) is 1. The van der Waals surface area contributed by atoms with E-state index in [0.29, 0.717) is 27.3 Å². The largest absolute Gasteiger partial charge is 0.497 e. The third-order valence-corrected chi connectivity index (χ3v) is 6.02. The van der Waals surface area contributed by atoms with Crippen molar-refractivity contribution in [2.24, 2.45) is 0 Å². The summed E-state index contributed by atoms with van der Waals surface area (Å²) in [6.07, 6.45) is 2.60. The van der Waals surface area contributed by atoms with Crippen molar-refractivity contribution in [3.63, 3.8) is 0 Å². The van der Waals surface area contributed by atoms with Crippen LogP contribution in [0.4, 0.5) is 5.00 Å². The quantitative estimate of drug-likeness (QED) is 0.505. The summed E-state index contributed by atoms with van der Waals surface area (Å²) in [5.41, 5.74) is 0.786. The highest BCUT2D eigenvalue weighted by Crippen LogP contribution is 2.39. The molecule has 0 atom stereocenters. The second kappa shape index (κ2) is 7.71. The molecule has 0 fully saturated rings. The molecule has 0 unspecified atom stereocenters. The van der Waals surface area contributed by atoms with E-state index in [1.54, 1.807) is 25.1 Å². The van der Waals surface area contributed by atoms with E-state index in [9.17, 15) is 14.4 Å². The number of thiophene rings is 1. The maximum absolute atomic E-state index is 12.8. The lowest BCUT2D eigenvalue weighted by atomic mass is 10.1. The molecule has 0 radical (unpaired) electrons. The number of esters is 1. The molecule has 0 aliphatic heterocycles. The van der Waals surface area contributed by atoms with Gasteiger partial charge in [-0.1, -0.05) is 0 Å². The lowest BCUT2D eigenvalue weighted by Crippen LogP contribution is -2.21. The number of carbonyl (C=O) groups excluding carboxylic acids is 2. The van der Waals surface area contributed by atoms with Crippen LogP contribution in [0.15, 0.2) is 33.5 Å². The normalized spacial score (nSPS) is 12.6. The summed E-state index contributed by atoms with van der Waals surface area (Å²) < 4.78 is 15.6. The fourth-order valence-electron chi connectivity index (χ4n) is 3.47. The van der Waals surface area contributed by atoms with Crippen molar-refractivity contribution < 1.29 is 23.5 Å². The molecule has 0 bridgehead atoms. The number of carbonyl (C=O) groups is 2. The third-order valence-electron chi connectivity index (χ3n) is 4.81. The molecule has 1 aromatic carbocycles. The van der Waals surface area contributed by atoms with Crippen molar-refractivity contribution in [2.45, 2.75) is 26.2 Å². The maximum atomic E-state index is 12.8. The number of nitrogens with one attached hydrogen (secondary N) is 1. The van der Waals surface area contributed by atoms with Crippen molar-refractivity contribution >= 4 is 39.2 Å². The van der Waals surface area contributed by atoms with Crippen LogP contribution in [0.3, 0.4) is 0 Å². The number of methoxy groups -OCH3 is 1. The maximum Gasteiger partial charge on any atom is 0.349 e. The number of anilines is 1. The highest BCUT2D eigenvalue weighted by Gasteiger charge is 2.29. The molecule has 150 valence electrons. The Hall–Kier alpha value is -3.13.